The van der Waals surface area contributed by atoms with Crippen molar-refractivity contribution in [2.75, 3.05) is 0 Å². The third kappa shape index (κ3) is 3.53. The van der Waals surface area contributed by atoms with E-state index < -0.39 is 0 Å². The largest absolute Gasteiger partial charge is 0.294 e. The number of Topliss-reactive ketones (excluding diaryl/α,β-unsaturated/α-hetero) is 2. The van der Waals surface area contributed by atoms with E-state index >= 15 is 0 Å². The Morgan fingerprint density at radius 2 is 1.11 bits per heavy atom. The van der Waals surface area contributed by atoms with Gasteiger partial charge in [-0.2, -0.15) is 0 Å². The lowest BCUT2D eigenvalue weighted by molar-refractivity contribution is 0.0873. The van der Waals surface area contributed by atoms with Gasteiger partial charge in [-0.05, 0) is 42.7 Å². The number of carbonyl (C=O) groups is 2. The first-order chi connectivity index (χ1) is 13.6. The number of carbonyl (C=O) groups excluding carboxylic acids is 2. The smallest absolute Gasteiger partial charge is 0.166 e. The summed E-state index contributed by atoms with van der Waals surface area (Å²) in [5.41, 5.74) is 2.19. The summed E-state index contributed by atoms with van der Waals surface area (Å²) in [5.74, 6) is -0.989. The highest BCUT2D eigenvalue weighted by molar-refractivity contribution is 6.02. The first kappa shape index (κ1) is 18.3. The second kappa shape index (κ2) is 7.89. The standard InChI is InChI=1S/C25H21FO2/c26-20-13-11-19(12-14-20)25(28)22-16-15-21(23(22)17-7-3-1-4-8-17)24(27)18-9-5-2-6-10-18/h1-14,21-23H,15-16H2/t21-,22-,23+/m1/s1. The maximum Gasteiger partial charge on any atom is 0.166 e. The molecule has 0 aromatic heterocycles. The summed E-state index contributed by atoms with van der Waals surface area (Å²) in [6.07, 6.45) is 1.32. The number of hydrogen-bond acceptors (Lipinski definition) is 2. The van der Waals surface area contributed by atoms with Gasteiger partial charge in [0.1, 0.15) is 5.82 Å². The van der Waals surface area contributed by atoms with Gasteiger partial charge in [-0.25, -0.2) is 4.39 Å². The van der Waals surface area contributed by atoms with Crippen LogP contribution in [0.2, 0.25) is 0 Å². The maximum atomic E-state index is 13.3. The molecular formula is C25H21FO2. The van der Waals surface area contributed by atoms with Crippen molar-refractivity contribution in [2.45, 2.75) is 18.8 Å². The molecule has 1 fully saturated rings. The van der Waals surface area contributed by atoms with Crippen molar-refractivity contribution < 1.29 is 14.0 Å². The van der Waals surface area contributed by atoms with E-state index in [0.717, 1.165) is 5.56 Å². The molecule has 0 radical (unpaired) electrons. The molecule has 0 saturated heterocycles. The highest BCUT2D eigenvalue weighted by atomic mass is 19.1. The Balaban J connectivity index is 1.70. The zero-order chi connectivity index (χ0) is 19.5. The van der Waals surface area contributed by atoms with Crippen molar-refractivity contribution in [1.29, 1.82) is 0 Å². The molecule has 0 aliphatic heterocycles. The van der Waals surface area contributed by atoms with E-state index in [1.54, 1.807) is 0 Å². The van der Waals surface area contributed by atoms with Gasteiger partial charge in [0.2, 0.25) is 0 Å². The van der Waals surface area contributed by atoms with Crippen LogP contribution in [0.4, 0.5) is 4.39 Å². The monoisotopic (exact) mass is 372 g/mol. The van der Waals surface area contributed by atoms with Crippen LogP contribution in [0.15, 0.2) is 84.9 Å². The minimum atomic E-state index is -0.361. The van der Waals surface area contributed by atoms with Crippen LogP contribution >= 0.6 is 0 Å². The number of hydrogen-bond donors (Lipinski definition) is 0. The van der Waals surface area contributed by atoms with Gasteiger partial charge in [-0.1, -0.05) is 60.7 Å². The zero-order valence-electron chi connectivity index (χ0n) is 15.4. The van der Waals surface area contributed by atoms with Crippen LogP contribution in [0.25, 0.3) is 0 Å². The quantitative estimate of drug-likeness (QED) is 0.538. The predicted octanol–water partition coefficient (Wildman–Crippen LogP) is 5.70. The molecule has 0 amide bonds. The topological polar surface area (TPSA) is 34.1 Å². The summed E-state index contributed by atoms with van der Waals surface area (Å²) >= 11 is 0. The second-order valence-electron chi connectivity index (χ2n) is 7.33. The normalized spacial score (nSPS) is 21.4. The summed E-state index contributed by atoms with van der Waals surface area (Å²) < 4.78 is 13.3. The van der Waals surface area contributed by atoms with Crippen LogP contribution in [-0.2, 0) is 0 Å². The molecule has 0 N–H and O–H groups in total. The Morgan fingerprint density at radius 3 is 1.64 bits per heavy atom. The van der Waals surface area contributed by atoms with Crippen LogP contribution in [0.5, 0.6) is 0 Å². The lowest BCUT2D eigenvalue weighted by Crippen LogP contribution is -2.25. The van der Waals surface area contributed by atoms with Gasteiger partial charge in [0.15, 0.2) is 11.6 Å². The lowest BCUT2D eigenvalue weighted by atomic mass is 9.77. The van der Waals surface area contributed by atoms with Gasteiger partial charge in [0.25, 0.3) is 0 Å². The first-order valence-corrected chi connectivity index (χ1v) is 9.59. The molecule has 0 unspecified atom stereocenters. The molecule has 3 aromatic carbocycles. The Bertz CT molecular complexity index is 964. The fraction of sp³-hybridized carbons (Fsp3) is 0.200. The van der Waals surface area contributed by atoms with Gasteiger partial charge >= 0.3 is 0 Å². The van der Waals surface area contributed by atoms with E-state index in [0.29, 0.717) is 24.0 Å². The van der Waals surface area contributed by atoms with Gasteiger partial charge in [0.05, 0.1) is 0 Å². The van der Waals surface area contributed by atoms with Gasteiger partial charge in [-0.15, -0.1) is 0 Å². The predicted molar refractivity (Wildman–Crippen MR) is 107 cm³/mol. The number of ketones is 2. The molecule has 1 aliphatic rings. The molecule has 3 heteroatoms. The van der Waals surface area contributed by atoms with E-state index in [-0.39, 0.29) is 35.1 Å². The second-order valence-corrected chi connectivity index (χ2v) is 7.33. The Labute approximate surface area is 164 Å². The number of halogens is 1. The van der Waals surface area contributed by atoms with Crippen LogP contribution < -0.4 is 0 Å². The minimum absolute atomic E-state index is 0.0165. The summed E-state index contributed by atoms with van der Waals surface area (Å²) in [4.78, 5) is 26.4. The van der Waals surface area contributed by atoms with Crippen LogP contribution in [-0.4, -0.2) is 11.6 Å². The molecule has 1 aliphatic carbocycles. The Kier molecular flexibility index (Phi) is 5.16. The molecule has 3 aromatic rings. The minimum Gasteiger partial charge on any atom is -0.294 e. The number of benzene rings is 3. The molecule has 2 nitrogen and oxygen atoms in total. The summed E-state index contributed by atoms with van der Waals surface area (Å²) in [7, 11) is 0. The maximum absolute atomic E-state index is 13.3. The summed E-state index contributed by atoms with van der Waals surface area (Å²) in [5, 5.41) is 0. The van der Waals surface area contributed by atoms with Gasteiger partial charge < -0.3 is 0 Å². The van der Waals surface area contributed by atoms with E-state index in [1.807, 2.05) is 60.7 Å². The fourth-order valence-electron chi connectivity index (χ4n) is 4.37. The average molecular weight is 372 g/mol. The van der Waals surface area contributed by atoms with Gasteiger partial charge in [-0.3, -0.25) is 9.59 Å². The Hall–Kier alpha value is -3.07. The van der Waals surface area contributed by atoms with Crippen molar-refractivity contribution in [2.24, 2.45) is 11.8 Å². The summed E-state index contributed by atoms with van der Waals surface area (Å²) in [6, 6.07) is 24.8. The van der Waals surface area contributed by atoms with Crippen LogP contribution in [0.1, 0.15) is 45.0 Å². The van der Waals surface area contributed by atoms with E-state index in [1.165, 1.54) is 24.3 Å². The molecule has 28 heavy (non-hydrogen) atoms. The van der Waals surface area contributed by atoms with Crippen molar-refractivity contribution in [3.05, 3.63) is 107 Å². The SMILES string of the molecule is O=C(c1ccccc1)[C@@H]1CC[C@@H](C(=O)c2ccc(F)cc2)[C@H]1c1ccccc1. The van der Waals surface area contributed by atoms with E-state index in [4.69, 9.17) is 0 Å². The molecule has 0 spiro atoms. The number of rotatable bonds is 5. The first-order valence-electron chi connectivity index (χ1n) is 9.59. The Morgan fingerprint density at radius 1 is 0.643 bits per heavy atom. The molecule has 0 heterocycles. The highest BCUT2D eigenvalue weighted by Crippen LogP contribution is 2.47. The summed E-state index contributed by atoms with van der Waals surface area (Å²) in [6.45, 7) is 0. The molecule has 140 valence electrons. The fourth-order valence-corrected chi connectivity index (χ4v) is 4.37. The van der Waals surface area contributed by atoms with Crippen LogP contribution in [0.3, 0.4) is 0 Å². The zero-order valence-corrected chi connectivity index (χ0v) is 15.4. The lowest BCUT2D eigenvalue weighted by Gasteiger charge is -2.24. The molecule has 3 atom stereocenters. The van der Waals surface area contributed by atoms with Crippen LogP contribution in [0, 0.1) is 17.7 Å². The molecule has 1 saturated carbocycles. The van der Waals surface area contributed by atoms with Gasteiger partial charge in [0, 0.05) is 28.9 Å². The highest BCUT2D eigenvalue weighted by Gasteiger charge is 2.44. The molecule has 4 rings (SSSR count). The van der Waals surface area contributed by atoms with Crippen molar-refractivity contribution in [3.8, 4) is 0 Å². The molecule has 0 bridgehead atoms. The van der Waals surface area contributed by atoms with Crippen molar-refractivity contribution >= 4 is 11.6 Å². The van der Waals surface area contributed by atoms with E-state index in [2.05, 4.69) is 0 Å². The molecular weight excluding hydrogens is 351 g/mol. The van der Waals surface area contributed by atoms with Crippen molar-refractivity contribution in [1.82, 2.24) is 0 Å². The van der Waals surface area contributed by atoms with Crippen molar-refractivity contribution in [3.63, 3.8) is 0 Å². The average Bonchev–Trinajstić information content (AvgIpc) is 3.19. The third-order valence-electron chi connectivity index (χ3n) is 5.70. The third-order valence-corrected chi connectivity index (χ3v) is 5.70. The van der Waals surface area contributed by atoms with E-state index in [9.17, 15) is 14.0 Å².